The van der Waals surface area contributed by atoms with Gasteiger partial charge >= 0.3 is 5.97 Å². The number of thioether (sulfide) groups is 1. The zero-order chi connectivity index (χ0) is 22.4. The molecule has 2 aromatic rings. The summed E-state index contributed by atoms with van der Waals surface area (Å²) in [4.78, 5) is 31.1. The summed E-state index contributed by atoms with van der Waals surface area (Å²) in [5.74, 6) is 0.750. The van der Waals surface area contributed by atoms with E-state index in [0.717, 1.165) is 5.56 Å². The average Bonchev–Trinajstić information content (AvgIpc) is 3.02. The molecule has 0 atom stereocenters. The van der Waals surface area contributed by atoms with E-state index >= 15 is 0 Å². The van der Waals surface area contributed by atoms with Crippen molar-refractivity contribution in [1.82, 2.24) is 4.90 Å². The molecule has 2 aromatic carbocycles. The van der Waals surface area contributed by atoms with Crippen molar-refractivity contribution in [2.45, 2.75) is 13.8 Å². The minimum absolute atomic E-state index is 0.138. The number of carbonyl (C=O) groups is 2. The highest BCUT2D eigenvalue weighted by atomic mass is 32.2. The molecular weight excluding hydrogens is 416 g/mol. The Morgan fingerprint density at radius 2 is 1.84 bits per heavy atom. The number of amidine groups is 1. The van der Waals surface area contributed by atoms with Crippen LogP contribution in [0.1, 0.15) is 29.8 Å². The molecule has 0 spiro atoms. The van der Waals surface area contributed by atoms with E-state index in [9.17, 15) is 9.59 Å². The summed E-state index contributed by atoms with van der Waals surface area (Å²) in [7, 11) is 3.27. The third-order valence-electron chi connectivity index (χ3n) is 4.39. The molecule has 1 aliphatic heterocycles. The fourth-order valence-electron chi connectivity index (χ4n) is 2.85. The number of esters is 1. The molecule has 3 rings (SSSR count). The van der Waals surface area contributed by atoms with Gasteiger partial charge in [0, 0.05) is 7.05 Å². The lowest BCUT2D eigenvalue weighted by Crippen LogP contribution is -2.23. The molecule has 0 aromatic heterocycles. The van der Waals surface area contributed by atoms with Crippen molar-refractivity contribution in [2.24, 2.45) is 4.99 Å². The van der Waals surface area contributed by atoms with Crippen LogP contribution in [-0.2, 0) is 9.53 Å². The lowest BCUT2D eigenvalue weighted by molar-refractivity contribution is -0.121. The van der Waals surface area contributed by atoms with Crippen LogP contribution >= 0.6 is 11.8 Å². The number of likely N-dealkylation sites (N-methyl/N-ethyl adjacent to an activating group) is 1. The molecule has 1 heterocycles. The van der Waals surface area contributed by atoms with Crippen molar-refractivity contribution < 1.29 is 23.8 Å². The minimum Gasteiger partial charge on any atom is -0.493 e. The van der Waals surface area contributed by atoms with Crippen LogP contribution in [0.4, 0.5) is 5.69 Å². The molecule has 162 valence electrons. The maximum Gasteiger partial charge on any atom is 0.338 e. The molecule has 1 fully saturated rings. The predicted molar refractivity (Wildman–Crippen MR) is 122 cm³/mol. The Morgan fingerprint density at radius 3 is 2.48 bits per heavy atom. The van der Waals surface area contributed by atoms with E-state index in [4.69, 9.17) is 14.2 Å². The minimum atomic E-state index is -0.375. The molecule has 31 heavy (non-hydrogen) atoms. The summed E-state index contributed by atoms with van der Waals surface area (Å²) < 4.78 is 15.9. The number of amides is 1. The van der Waals surface area contributed by atoms with Crippen LogP contribution in [-0.4, -0.2) is 49.3 Å². The van der Waals surface area contributed by atoms with Crippen molar-refractivity contribution in [3.8, 4) is 11.5 Å². The van der Waals surface area contributed by atoms with Gasteiger partial charge in [-0.25, -0.2) is 9.79 Å². The van der Waals surface area contributed by atoms with Crippen LogP contribution in [0.5, 0.6) is 11.5 Å². The van der Waals surface area contributed by atoms with Crippen LogP contribution in [0.2, 0.25) is 0 Å². The van der Waals surface area contributed by atoms with Gasteiger partial charge in [0.05, 0.1) is 36.5 Å². The molecule has 0 aliphatic carbocycles. The van der Waals surface area contributed by atoms with E-state index in [2.05, 4.69) is 4.99 Å². The third-order valence-corrected chi connectivity index (χ3v) is 5.45. The second kappa shape index (κ2) is 10.2. The van der Waals surface area contributed by atoms with Gasteiger partial charge in [0.25, 0.3) is 5.91 Å². The average molecular weight is 441 g/mol. The molecular formula is C23H24N2O5S. The first kappa shape index (κ1) is 22.4. The molecule has 7 nitrogen and oxygen atoms in total. The summed E-state index contributed by atoms with van der Waals surface area (Å²) in [6.45, 7) is 4.50. The maximum absolute atomic E-state index is 12.7. The van der Waals surface area contributed by atoms with Crippen LogP contribution in [0, 0.1) is 0 Å². The van der Waals surface area contributed by atoms with Gasteiger partial charge in [-0.2, -0.15) is 0 Å². The van der Waals surface area contributed by atoms with Gasteiger partial charge in [-0.05, 0) is 73.6 Å². The SMILES string of the molecule is CCOC(=O)c1ccc(N=C2S/C(=C/c3ccc(OC)c(OCC)c3)C(=O)N2C)cc1. The Morgan fingerprint density at radius 1 is 1.10 bits per heavy atom. The zero-order valence-corrected chi connectivity index (χ0v) is 18.7. The van der Waals surface area contributed by atoms with Crippen molar-refractivity contribution in [1.29, 1.82) is 0 Å². The Kier molecular flexibility index (Phi) is 7.36. The van der Waals surface area contributed by atoms with E-state index in [-0.39, 0.29) is 11.9 Å². The summed E-state index contributed by atoms with van der Waals surface area (Å²) >= 11 is 1.29. The van der Waals surface area contributed by atoms with Gasteiger partial charge in [-0.15, -0.1) is 0 Å². The fourth-order valence-corrected chi connectivity index (χ4v) is 3.84. The number of carbonyl (C=O) groups excluding carboxylic acids is 2. The van der Waals surface area contributed by atoms with Crippen molar-refractivity contribution in [2.75, 3.05) is 27.4 Å². The van der Waals surface area contributed by atoms with Crippen molar-refractivity contribution in [3.05, 3.63) is 58.5 Å². The smallest absolute Gasteiger partial charge is 0.338 e. The van der Waals surface area contributed by atoms with Gasteiger partial charge in [0.15, 0.2) is 16.7 Å². The largest absolute Gasteiger partial charge is 0.493 e. The lowest BCUT2D eigenvalue weighted by Gasteiger charge is -2.09. The van der Waals surface area contributed by atoms with Gasteiger partial charge in [-0.1, -0.05) is 6.07 Å². The first-order valence-corrected chi connectivity index (χ1v) is 10.6. The quantitative estimate of drug-likeness (QED) is 0.466. The molecule has 0 saturated carbocycles. The Bertz CT molecular complexity index is 1030. The number of rotatable bonds is 7. The molecule has 0 radical (unpaired) electrons. The van der Waals surface area contributed by atoms with E-state index < -0.39 is 0 Å². The number of ether oxygens (including phenoxy) is 3. The first-order chi connectivity index (χ1) is 15.0. The highest BCUT2D eigenvalue weighted by molar-refractivity contribution is 8.18. The molecule has 0 unspecified atom stereocenters. The number of nitrogens with zero attached hydrogens (tertiary/aromatic N) is 2. The summed E-state index contributed by atoms with van der Waals surface area (Å²) in [5.41, 5.74) is 1.92. The van der Waals surface area contributed by atoms with Crippen LogP contribution < -0.4 is 9.47 Å². The van der Waals surface area contributed by atoms with Crippen LogP contribution in [0.25, 0.3) is 6.08 Å². The fraction of sp³-hybridized carbons (Fsp3) is 0.261. The number of hydrogen-bond acceptors (Lipinski definition) is 7. The predicted octanol–water partition coefficient (Wildman–Crippen LogP) is 4.50. The molecule has 1 saturated heterocycles. The van der Waals surface area contributed by atoms with E-state index in [1.165, 1.54) is 16.7 Å². The van der Waals surface area contributed by atoms with Crippen LogP contribution in [0.15, 0.2) is 52.4 Å². The van der Waals surface area contributed by atoms with Gasteiger partial charge < -0.3 is 14.2 Å². The Balaban J connectivity index is 1.82. The van der Waals surface area contributed by atoms with Gasteiger partial charge in [0.2, 0.25) is 0 Å². The van der Waals surface area contributed by atoms with E-state index in [0.29, 0.717) is 46.0 Å². The Labute approximate surface area is 185 Å². The highest BCUT2D eigenvalue weighted by Gasteiger charge is 2.30. The maximum atomic E-state index is 12.7. The molecule has 0 bridgehead atoms. The third kappa shape index (κ3) is 5.27. The zero-order valence-electron chi connectivity index (χ0n) is 17.9. The molecule has 8 heteroatoms. The van der Waals surface area contributed by atoms with E-state index in [1.807, 2.05) is 25.1 Å². The second-order valence-electron chi connectivity index (χ2n) is 6.48. The number of hydrogen-bond donors (Lipinski definition) is 0. The summed E-state index contributed by atoms with van der Waals surface area (Å²) in [5, 5.41) is 0.554. The monoisotopic (exact) mass is 440 g/mol. The Hall–Kier alpha value is -3.26. The van der Waals surface area contributed by atoms with Crippen molar-refractivity contribution >= 4 is 40.6 Å². The van der Waals surface area contributed by atoms with Crippen molar-refractivity contribution in [3.63, 3.8) is 0 Å². The summed E-state index contributed by atoms with van der Waals surface area (Å²) in [6.07, 6.45) is 1.80. The number of aliphatic imine (C=N–C) groups is 1. The molecule has 0 N–H and O–H groups in total. The molecule has 1 amide bonds. The standard InChI is InChI=1S/C23H24N2O5S/c1-5-29-19-13-15(7-12-18(19)28-4)14-20-21(26)25(3)23(31-20)24-17-10-8-16(9-11-17)22(27)30-6-2/h7-14H,5-6H2,1-4H3/b20-14+,24-23?. The first-order valence-electron chi connectivity index (χ1n) is 9.81. The van der Waals surface area contributed by atoms with Crippen LogP contribution in [0.3, 0.4) is 0 Å². The normalized spacial score (nSPS) is 16.1. The topological polar surface area (TPSA) is 77.4 Å². The van der Waals surface area contributed by atoms with Gasteiger partial charge in [0.1, 0.15) is 0 Å². The lowest BCUT2D eigenvalue weighted by atomic mass is 10.2. The number of benzene rings is 2. The molecule has 1 aliphatic rings. The van der Waals surface area contributed by atoms with Gasteiger partial charge in [-0.3, -0.25) is 9.69 Å². The second-order valence-corrected chi connectivity index (χ2v) is 7.49. The highest BCUT2D eigenvalue weighted by Crippen LogP contribution is 2.35. The number of methoxy groups -OCH3 is 1. The summed E-state index contributed by atoms with van der Waals surface area (Å²) in [6, 6.07) is 12.3. The van der Waals surface area contributed by atoms with E-state index in [1.54, 1.807) is 51.4 Å².